The van der Waals surface area contributed by atoms with Crippen LogP contribution in [0.1, 0.15) is 18.9 Å². The number of carboxylic acids is 1. The Morgan fingerprint density at radius 1 is 1.48 bits per heavy atom. The van der Waals surface area contributed by atoms with Crippen LogP contribution >= 0.6 is 11.6 Å². The average molecular weight is 341 g/mol. The summed E-state index contributed by atoms with van der Waals surface area (Å²) in [5, 5.41) is 12.3. The van der Waals surface area contributed by atoms with Gasteiger partial charge in [0.05, 0.1) is 6.54 Å². The van der Waals surface area contributed by atoms with Gasteiger partial charge in [0.1, 0.15) is 5.75 Å². The molecule has 6 nitrogen and oxygen atoms in total. The summed E-state index contributed by atoms with van der Waals surface area (Å²) in [5.74, 6) is -0.433. The Hall–Kier alpha value is -1.79. The molecule has 0 unspecified atom stereocenters. The lowest BCUT2D eigenvalue weighted by atomic mass is 10.0. The molecule has 0 spiro atoms. The van der Waals surface area contributed by atoms with Gasteiger partial charge in [-0.2, -0.15) is 0 Å². The third-order valence-electron chi connectivity index (χ3n) is 4.06. The first kappa shape index (κ1) is 17.6. The number of carbonyl (C=O) groups excluding carboxylic acids is 1. The van der Waals surface area contributed by atoms with Crippen molar-refractivity contribution in [3.8, 4) is 5.75 Å². The summed E-state index contributed by atoms with van der Waals surface area (Å²) in [6, 6.07) is 5.32. The maximum Gasteiger partial charge on any atom is 0.317 e. The van der Waals surface area contributed by atoms with Crippen LogP contribution in [0.2, 0.25) is 5.02 Å². The van der Waals surface area contributed by atoms with Crippen molar-refractivity contribution in [2.75, 3.05) is 26.2 Å². The maximum absolute atomic E-state index is 12.3. The van der Waals surface area contributed by atoms with Gasteiger partial charge in [-0.05, 0) is 32.4 Å². The van der Waals surface area contributed by atoms with E-state index in [2.05, 4.69) is 5.32 Å². The number of ether oxygens (including phenoxy) is 1. The van der Waals surface area contributed by atoms with Crippen molar-refractivity contribution in [1.82, 2.24) is 10.2 Å². The quantitative estimate of drug-likeness (QED) is 0.824. The lowest BCUT2D eigenvalue weighted by molar-refractivity contribution is -0.136. The third kappa shape index (κ3) is 4.59. The van der Waals surface area contributed by atoms with Crippen LogP contribution in [0.25, 0.3) is 0 Å². The van der Waals surface area contributed by atoms with Crippen LogP contribution in [-0.2, 0) is 9.59 Å². The molecular formula is C16H21ClN2O4. The number of nitrogens with one attached hydrogen (secondary N) is 1. The molecule has 1 amide bonds. The number of rotatable bonds is 6. The van der Waals surface area contributed by atoms with E-state index in [-0.39, 0.29) is 24.6 Å². The molecule has 0 saturated carbocycles. The number of hydrogen-bond donors (Lipinski definition) is 2. The fourth-order valence-electron chi connectivity index (χ4n) is 2.58. The van der Waals surface area contributed by atoms with Crippen molar-refractivity contribution >= 4 is 23.5 Å². The molecule has 0 aromatic heterocycles. The van der Waals surface area contributed by atoms with Crippen LogP contribution in [0.4, 0.5) is 0 Å². The number of halogens is 1. The van der Waals surface area contributed by atoms with Crippen molar-refractivity contribution in [3.63, 3.8) is 0 Å². The van der Waals surface area contributed by atoms with Crippen LogP contribution in [0.5, 0.6) is 5.75 Å². The standard InChI is InChI=1S/C16H21ClN2O4/c1-11-12(17)4-3-5-13(11)23-9-14(20)19-7-6-16(2,10-19)18-8-15(21)22/h3-5,18H,6-10H2,1-2H3,(H,21,22)/t16-/m0/s1. The molecule has 126 valence electrons. The molecule has 1 aliphatic rings. The number of likely N-dealkylation sites (tertiary alicyclic amines) is 1. The van der Waals surface area contributed by atoms with Crippen molar-refractivity contribution in [2.45, 2.75) is 25.8 Å². The SMILES string of the molecule is Cc1c(Cl)cccc1OCC(=O)N1CC[C@](C)(NCC(=O)O)C1. The Labute approximate surface area is 140 Å². The smallest absolute Gasteiger partial charge is 0.317 e. The zero-order chi connectivity index (χ0) is 17.0. The van der Waals surface area contributed by atoms with E-state index in [1.54, 1.807) is 23.1 Å². The van der Waals surface area contributed by atoms with Gasteiger partial charge < -0.3 is 14.7 Å². The summed E-state index contributed by atoms with van der Waals surface area (Å²) >= 11 is 6.02. The van der Waals surface area contributed by atoms with Gasteiger partial charge in [0.15, 0.2) is 6.61 Å². The van der Waals surface area contributed by atoms with Crippen LogP contribution in [0, 0.1) is 6.92 Å². The molecule has 1 aromatic carbocycles. The second-order valence-corrected chi connectivity index (χ2v) is 6.43. The summed E-state index contributed by atoms with van der Waals surface area (Å²) in [5.41, 5.74) is 0.427. The molecule has 7 heteroatoms. The second-order valence-electron chi connectivity index (χ2n) is 6.02. The number of nitrogens with zero attached hydrogens (tertiary/aromatic N) is 1. The van der Waals surface area contributed by atoms with Crippen LogP contribution in [-0.4, -0.2) is 53.7 Å². The van der Waals surface area contributed by atoms with Crippen LogP contribution in [0.3, 0.4) is 0 Å². The van der Waals surface area contributed by atoms with E-state index in [0.29, 0.717) is 30.3 Å². The topological polar surface area (TPSA) is 78.9 Å². The maximum atomic E-state index is 12.3. The Kier molecular flexibility index (Phi) is 5.49. The number of amides is 1. The third-order valence-corrected chi connectivity index (χ3v) is 4.47. The molecule has 0 aliphatic carbocycles. The van der Waals surface area contributed by atoms with Gasteiger partial charge in [-0.15, -0.1) is 0 Å². The minimum atomic E-state index is -0.907. The highest BCUT2D eigenvalue weighted by Crippen LogP contribution is 2.25. The number of aliphatic carboxylic acids is 1. The predicted octanol–water partition coefficient (Wildman–Crippen LogP) is 1.69. The fourth-order valence-corrected chi connectivity index (χ4v) is 2.75. The summed E-state index contributed by atoms with van der Waals surface area (Å²) in [7, 11) is 0. The predicted molar refractivity (Wildman–Crippen MR) is 86.9 cm³/mol. The zero-order valence-electron chi connectivity index (χ0n) is 13.3. The molecule has 0 bridgehead atoms. The van der Waals surface area contributed by atoms with Crippen molar-refractivity contribution in [2.24, 2.45) is 0 Å². The zero-order valence-corrected chi connectivity index (χ0v) is 14.0. The normalized spacial score (nSPS) is 20.6. The van der Waals surface area contributed by atoms with Gasteiger partial charge in [0, 0.05) is 29.2 Å². The van der Waals surface area contributed by atoms with Gasteiger partial charge >= 0.3 is 5.97 Å². The minimum Gasteiger partial charge on any atom is -0.483 e. The summed E-state index contributed by atoms with van der Waals surface area (Å²) in [4.78, 5) is 24.6. The summed E-state index contributed by atoms with van der Waals surface area (Å²) in [6.07, 6.45) is 0.711. The molecule has 1 fully saturated rings. The Morgan fingerprint density at radius 3 is 2.91 bits per heavy atom. The molecule has 1 aliphatic heterocycles. The first-order valence-electron chi connectivity index (χ1n) is 7.43. The fraction of sp³-hybridized carbons (Fsp3) is 0.500. The molecule has 23 heavy (non-hydrogen) atoms. The molecule has 1 aromatic rings. The van der Waals surface area contributed by atoms with E-state index < -0.39 is 5.97 Å². The van der Waals surface area contributed by atoms with Crippen molar-refractivity contribution in [3.05, 3.63) is 28.8 Å². The molecular weight excluding hydrogens is 320 g/mol. The summed E-state index contributed by atoms with van der Waals surface area (Å²) in [6.45, 7) is 4.64. The molecule has 2 N–H and O–H groups in total. The highest BCUT2D eigenvalue weighted by Gasteiger charge is 2.36. The van der Waals surface area contributed by atoms with Gasteiger partial charge in [-0.25, -0.2) is 0 Å². The molecule has 2 rings (SSSR count). The number of carboxylic acid groups (broad SMARTS) is 1. The van der Waals surface area contributed by atoms with Crippen LogP contribution < -0.4 is 10.1 Å². The van der Waals surface area contributed by atoms with Gasteiger partial charge in [0.25, 0.3) is 5.91 Å². The second kappa shape index (κ2) is 7.19. The first-order valence-corrected chi connectivity index (χ1v) is 7.81. The van der Waals surface area contributed by atoms with E-state index in [9.17, 15) is 9.59 Å². The monoisotopic (exact) mass is 340 g/mol. The van der Waals surface area contributed by atoms with Gasteiger partial charge in [-0.3, -0.25) is 14.9 Å². The largest absolute Gasteiger partial charge is 0.483 e. The summed E-state index contributed by atoms with van der Waals surface area (Å²) < 4.78 is 5.57. The number of hydrogen-bond acceptors (Lipinski definition) is 4. The number of carbonyl (C=O) groups is 2. The Balaban J connectivity index is 1.87. The Bertz CT molecular complexity index is 608. The van der Waals surface area contributed by atoms with Crippen molar-refractivity contribution in [1.29, 1.82) is 0 Å². The average Bonchev–Trinajstić information content (AvgIpc) is 2.90. The Morgan fingerprint density at radius 2 is 2.22 bits per heavy atom. The highest BCUT2D eigenvalue weighted by molar-refractivity contribution is 6.31. The van der Waals surface area contributed by atoms with Crippen molar-refractivity contribution < 1.29 is 19.4 Å². The van der Waals surface area contributed by atoms with E-state index in [0.717, 1.165) is 5.56 Å². The van der Waals surface area contributed by atoms with Gasteiger partial charge in [0.2, 0.25) is 0 Å². The van der Waals surface area contributed by atoms with E-state index in [1.807, 2.05) is 13.8 Å². The minimum absolute atomic E-state index is 0.0593. The van der Waals surface area contributed by atoms with Gasteiger partial charge in [-0.1, -0.05) is 17.7 Å². The molecule has 1 saturated heterocycles. The van der Waals surface area contributed by atoms with Crippen LogP contribution in [0.15, 0.2) is 18.2 Å². The van der Waals surface area contributed by atoms with E-state index in [1.165, 1.54) is 0 Å². The van der Waals surface area contributed by atoms with E-state index >= 15 is 0 Å². The van der Waals surface area contributed by atoms with E-state index in [4.69, 9.17) is 21.4 Å². The number of benzene rings is 1. The molecule has 1 atom stereocenters. The lowest BCUT2D eigenvalue weighted by Gasteiger charge is -2.25. The first-order chi connectivity index (χ1) is 10.8. The molecule has 1 heterocycles. The lowest BCUT2D eigenvalue weighted by Crippen LogP contribution is -2.48. The molecule has 0 radical (unpaired) electrons. The highest BCUT2D eigenvalue weighted by atomic mass is 35.5.